The summed E-state index contributed by atoms with van der Waals surface area (Å²) in [5.41, 5.74) is 0.700. The van der Waals surface area contributed by atoms with Gasteiger partial charge in [-0.25, -0.2) is 0 Å². The van der Waals surface area contributed by atoms with E-state index in [4.69, 9.17) is 9.84 Å². The predicted octanol–water partition coefficient (Wildman–Crippen LogP) is 4.29. The molecule has 1 aromatic carbocycles. The highest BCUT2D eigenvalue weighted by molar-refractivity contribution is 5.78. The fourth-order valence-electron chi connectivity index (χ4n) is 6.38. The molecule has 4 aliphatic rings. The number of ether oxygens (including phenoxy) is 1. The fraction of sp³-hybridized carbons (Fsp3) is 0.607. The van der Waals surface area contributed by atoms with Gasteiger partial charge in [0.1, 0.15) is 0 Å². The molecule has 1 aromatic rings. The molecule has 0 saturated carbocycles. The summed E-state index contributed by atoms with van der Waals surface area (Å²) in [5.74, 6) is 0.309. The van der Waals surface area contributed by atoms with Crippen LogP contribution in [0.2, 0.25) is 0 Å². The molecule has 0 bridgehead atoms. The number of halogens is 3. The number of nitrogens with zero attached hydrogens (tertiary/aromatic N) is 1. The van der Waals surface area contributed by atoms with Crippen molar-refractivity contribution >= 4 is 11.6 Å². The van der Waals surface area contributed by atoms with Gasteiger partial charge in [0.2, 0.25) is 5.91 Å². The summed E-state index contributed by atoms with van der Waals surface area (Å²) in [4.78, 5) is 14.5. The van der Waals surface area contributed by atoms with Crippen molar-refractivity contribution in [1.82, 2.24) is 10.2 Å². The third kappa shape index (κ3) is 5.89. The lowest BCUT2D eigenvalue weighted by Gasteiger charge is -2.48. The van der Waals surface area contributed by atoms with Crippen LogP contribution in [0.1, 0.15) is 49.3 Å². The van der Waals surface area contributed by atoms with Gasteiger partial charge in [-0.2, -0.15) is 13.2 Å². The summed E-state index contributed by atoms with van der Waals surface area (Å²) in [5, 5.41) is 15.3. The van der Waals surface area contributed by atoms with Crippen LogP contribution >= 0.6 is 0 Å². The Morgan fingerprint density at radius 2 is 1.97 bits per heavy atom. The van der Waals surface area contributed by atoms with Gasteiger partial charge in [0.15, 0.2) is 0 Å². The van der Waals surface area contributed by atoms with Gasteiger partial charge >= 0.3 is 6.18 Å². The SMILES string of the molecule is O=C(NCCO)C1CCN(C[C@H]2CC[C@@H]3[C@H](O2)c2cc(C(F)(F)F)ccc2N[C@H]3C2C=CC=CC2)CC1. The Hall–Kier alpha value is -2.36. The van der Waals surface area contributed by atoms with Crippen LogP contribution in [0.5, 0.6) is 0 Å². The van der Waals surface area contributed by atoms with Gasteiger partial charge in [0, 0.05) is 48.1 Å². The van der Waals surface area contributed by atoms with Crippen LogP contribution in [0.4, 0.5) is 18.9 Å². The Kier molecular flexibility index (Phi) is 7.93. The van der Waals surface area contributed by atoms with Gasteiger partial charge in [0.05, 0.1) is 24.4 Å². The maximum Gasteiger partial charge on any atom is 0.416 e. The lowest BCUT2D eigenvalue weighted by molar-refractivity contribution is -0.138. The average Bonchev–Trinajstić information content (AvgIpc) is 2.91. The van der Waals surface area contributed by atoms with E-state index in [1.807, 2.05) is 12.2 Å². The molecule has 37 heavy (non-hydrogen) atoms. The van der Waals surface area contributed by atoms with E-state index in [-0.39, 0.29) is 55.1 Å². The first kappa shape index (κ1) is 26.3. The molecule has 5 rings (SSSR count). The van der Waals surface area contributed by atoms with Gasteiger partial charge in [-0.05, 0) is 63.4 Å². The third-order valence-electron chi connectivity index (χ3n) is 8.33. The Bertz CT molecular complexity index is 1020. The van der Waals surface area contributed by atoms with Crippen molar-refractivity contribution in [1.29, 1.82) is 0 Å². The van der Waals surface area contributed by atoms with E-state index in [2.05, 4.69) is 27.7 Å². The Balaban J connectivity index is 1.29. The molecule has 6 nitrogen and oxygen atoms in total. The second-order valence-corrected chi connectivity index (χ2v) is 10.7. The van der Waals surface area contributed by atoms with Crippen molar-refractivity contribution in [2.45, 2.75) is 56.5 Å². The number of alkyl halides is 3. The molecule has 1 aliphatic carbocycles. The molecule has 3 N–H and O–H groups in total. The molecule has 0 radical (unpaired) electrons. The van der Waals surface area contributed by atoms with Crippen LogP contribution in [0.25, 0.3) is 0 Å². The maximum atomic E-state index is 13.6. The number of benzene rings is 1. The minimum absolute atomic E-state index is 0.00473. The fourth-order valence-corrected chi connectivity index (χ4v) is 6.38. The zero-order valence-electron chi connectivity index (χ0n) is 20.9. The number of anilines is 1. The number of hydrogen-bond donors (Lipinski definition) is 3. The van der Waals surface area contributed by atoms with Gasteiger partial charge in [-0.1, -0.05) is 24.3 Å². The number of likely N-dealkylation sites (tertiary alicyclic amines) is 1. The van der Waals surface area contributed by atoms with Crippen LogP contribution in [-0.2, 0) is 15.7 Å². The van der Waals surface area contributed by atoms with Gasteiger partial charge in [-0.15, -0.1) is 0 Å². The summed E-state index contributed by atoms with van der Waals surface area (Å²) >= 11 is 0. The molecule has 0 aromatic heterocycles. The van der Waals surface area contributed by atoms with Crippen molar-refractivity contribution < 1.29 is 27.8 Å². The second-order valence-electron chi connectivity index (χ2n) is 10.7. The largest absolute Gasteiger partial charge is 0.416 e. The number of amides is 1. The van der Waals surface area contributed by atoms with Crippen molar-refractivity contribution in [3.63, 3.8) is 0 Å². The average molecular weight is 520 g/mol. The first-order valence-corrected chi connectivity index (χ1v) is 13.4. The van der Waals surface area contributed by atoms with E-state index >= 15 is 0 Å². The van der Waals surface area contributed by atoms with Crippen LogP contribution in [0, 0.1) is 17.8 Å². The first-order chi connectivity index (χ1) is 17.8. The number of nitrogens with one attached hydrogen (secondary N) is 2. The molecule has 9 heteroatoms. The van der Waals surface area contributed by atoms with Crippen molar-refractivity contribution in [3.05, 3.63) is 53.6 Å². The quantitative estimate of drug-likeness (QED) is 0.523. The maximum absolute atomic E-state index is 13.6. The summed E-state index contributed by atoms with van der Waals surface area (Å²) in [7, 11) is 0. The molecule has 3 aliphatic heterocycles. The van der Waals surface area contributed by atoms with E-state index in [1.54, 1.807) is 6.07 Å². The van der Waals surface area contributed by atoms with Crippen LogP contribution in [0.3, 0.4) is 0 Å². The highest BCUT2D eigenvalue weighted by Crippen LogP contribution is 2.49. The molecule has 202 valence electrons. The summed E-state index contributed by atoms with van der Waals surface area (Å²) in [6.45, 7) is 2.49. The highest BCUT2D eigenvalue weighted by Gasteiger charge is 2.45. The van der Waals surface area contributed by atoms with Crippen molar-refractivity contribution in [3.8, 4) is 0 Å². The number of rotatable bonds is 6. The molecule has 3 heterocycles. The number of piperidine rings is 1. The van der Waals surface area contributed by atoms with E-state index in [9.17, 15) is 18.0 Å². The van der Waals surface area contributed by atoms with Crippen LogP contribution < -0.4 is 10.6 Å². The number of carbonyl (C=O) groups is 1. The predicted molar refractivity (Wildman–Crippen MR) is 135 cm³/mol. The lowest BCUT2D eigenvalue weighted by atomic mass is 9.73. The van der Waals surface area contributed by atoms with E-state index in [0.29, 0.717) is 12.1 Å². The normalized spacial score (nSPS) is 30.3. The number of allylic oxidation sites excluding steroid dienone is 3. The Morgan fingerprint density at radius 1 is 1.16 bits per heavy atom. The molecular weight excluding hydrogens is 483 g/mol. The molecule has 5 atom stereocenters. The van der Waals surface area contributed by atoms with E-state index in [1.165, 1.54) is 6.07 Å². The van der Waals surface area contributed by atoms with Gasteiger partial charge in [-0.3, -0.25) is 4.79 Å². The number of aliphatic hydroxyl groups excluding tert-OH is 1. The summed E-state index contributed by atoms with van der Waals surface area (Å²) in [6, 6.07) is 4.08. The smallest absolute Gasteiger partial charge is 0.395 e. The number of hydrogen-bond acceptors (Lipinski definition) is 5. The van der Waals surface area contributed by atoms with Gasteiger partial charge in [0.25, 0.3) is 0 Å². The topological polar surface area (TPSA) is 73.8 Å². The number of fused-ring (bicyclic) bond motifs is 3. The molecule has 1 unspecified atom stereocenters. The second kappa shape index (κ2) is 11.2. The molecule has 2 fully saturated rings. The minimum Gasteiger partial charge on any atom is -0.395 e. The monoisotopic (exact) mass is 519 g/mol. The van der Waals surface area contributed by atoms with E-state index in [0.717, 1.165) is 56.9 Å². The van der Waals surface area contributed by atoms with Gasteiger partial charge < -0.3 is 25.4 Å². The molecule has 0 spiro atoms. The summed E-state index contributed by atoms with van der Waals surface area (Å²) < 4.78 is 47.3. The van der Waals surface area contributed by atoms with Crippen molar-refractivity contribution in [2.24, 2.45) is 17.8 Å². The van der Waals surface area contributed by atoms with E-state index < -0.39 is 11.7 Å². The standard InChI is InChI=1S/C28H36F3N3O3/c29-28(30,31)20-6-9-24-23(16-20)26-22(25(33-24)18-4-2-1-3-5-18)8-7-21(37-26)17-34-13-10-19(11-14-34)27(36)32-12-15-35/h1-4,6,9,16,18-19,21-22,25-26,33,35H,5,7-8,10-15,17H2,(H,32,36)/t18?,21-,22+,25+,26+/m1/s1. The summed E-state index contributed by atoms with van der Waals surface area (Å²) in [6.07, 6.45) is 7.71. The lowest BCUT2D eigenvalue weighted by Crippen LogP contribution is -2.49. The highest BCUT2D eigenvalue weighted by atomic mass is 19.4. The zero-order chi connectivity index (χ0) is 26.0. The minimum atomic E-state index is -4.40. The van der Waals surface area contributed by atoms with Crippen molar-refractivity contribution in [2.75, 3.05) is 38.1 Å². The van der Waals surface area contributed by atoms with Crippen LogP contribution in [0.15, 0.2) is 42.5 Å². The zero-order valence-corrected chi connectivity index (χ0v) is 20.9. The molecule has 1 amide bonds. The Labute approximate surface area is 215 Å². The Morgan fingerprint density at radius 3 is 2.68 bits per heavy atom. The third-order valence-corrected chi connectivity index (χ3v) is 8.33. The van der Waals surface area contributed by atoms with Crippen LogP contribution in [-0.4, -0.2) is 60.8 Å². The number of aliphatic hydroxyl groups is 1. The first-order valence-electron chi connectivity index (χ1n) is 13.4. The number of carbonyl (C=O) groups excluding carboxylic acids is 1. The molecular formula is C28H36F3N3O3. The molecule has 2 saturated heterocycles.